The second-order valence-corrected chi connectivity index (χ2v) is 6.93. The van der Waals surface area contributed by atoms with E-state index in [2.05, 4.69) is 5.32 Å². The molecule has 5 heteroatoms. The third kappa shape index (κ3) is 5.64. The molecule has 27 heavy (non-hydrogen) atoms. The first kappa shape index (κ1) is 19.6. The summed E-state index contributed by atoms with van der Waals surface area (Å²) in [5, 5.41) is 4.81. The zero-order valence-corrected chi connectivity index (χ0v) is 16.6. The minimum absolute atomic E-state index is 0.410. The molecule has 0 fully saturated rings. The number of ether oxygens (including phenoxy) is 2. The molecule has 0 saturated carbocycles. The molecule has 3 rings (SSSR count). The predicted octanol–water partition coefficient (Wildman–Crippen LogP) is 5.87. The summed E-state index contributed by atoms with van der Waals surface area (Å²) < 4.78 is 11.2. The maximum atomic E-state index is 6.21. The van der Waals surface area contributed by atoms with Crippen molar-refractivity contribution >= 4 is 23.2 Å². The van der Waals surface area contributed by atoms with E-state index in [0.717, 1.165) is 29.2 Å². The van der Waals surface area contributed by atoms with E-state index in [1.54, 1.807) is 7.11 Å². The molecule has 0 heterocycles. The molecular weight excluding hydrogens is 381 g/mol. The summed E-state index contributed by atoms with van der Waals surface area (Å²) >= 11 is 12.4. The van der Waals surface area contributed by atoms with Crippen molar-refractivity contribution in [2.24, 2.45) is 0 Å². The molecule has 0 unspecified atom stereocenters. The van der Waals surface area contributed by atoms with Crippen LogP contribution in [0.4, 0.5) is 0 Å². The van der Waals surface area contributed by atoms with Crippen LogP contribution in [0.3, 0.4) is 0 Å². The van der Waals surface area contributed by atoms with Gasteiger partial charge in [0.2, 0.25) is 0 Å². The molecular formula is C22H21Cl2NO2. The van der Waals surface area contributed by atoms with Crippen molar-refractivity contribution in [3.63, 3.8) is 0 Å². The Morgan fingerprint density at radius 1 is 0.852 bits per heavy atom. The Morgan fingerprint density at radius 2 is 1.63 bits per heavy atom. The molecule has 1 N–H and O–H groups in total. The van der Waals surface area contributed by atoms with Gasteiger partial charge in [0.15, 0.2) is 0 Å². The van der Waals surface area contributed by atoms with Crippen molar-refractivity contribution < 1.29 is 9.47 Å². The number of hydrogen-bond acceptors (Lipinski definition) is 3. The van der Waals surface area contributed by atoms with Gasteiger partial charge in [-0.15, -0.1) is 0 Å². The summed E-state index contributed by atoms with van der Waals surface area (Å²) in [5.74, 6) is 1.64. The van der Waals surface area contributed by atoms with Gasteiger partial charge in [-0.1, -0.05) is 53.5 Å². The number of methoxy groups -OCH3 is 1. The van der Waals surface area contributed by atoms with E-state index in [1.807, 2.05) is 66.7 Å². The first-order valence-electron chi connectivity index (χ1n) is 8.64. The molecule has 3 nitrogen and oxygen atoms in total. The Labute approximate surface area is 169 Å². The van der Waals surface area contributed by atoms with Gasteiger partial charge in [0.1, 0.15) is 18.1 Å². The van der Waals surface area contributed by atoms with E-state index < -0.39 is 0 Å². The van der Waals surface area contributed by atoms with E-state index in [-0.39, 0.29) is 0 Å². The maximum Gasteiger partial charge on any atom is 0.124 e. The average Bonchev–Trinajstić information content (AvgIpc) is 2.69. The number of rotatable bonds is 8. The standard InChI is InChI=1S/C22H21Cl2NO2/c1-26-20-9-6-16(7-10-20)13-25-14-18-12-19(23)8-11-22(18)27-15-17-4-2-3-5-21(17)24/h2-12,25H,13-15H2,1H3. The van der Waals surface area contributed by atoms with Crippen molar-refractivity contribution in [1.82, 2.24) is 5.32 Å². The van der Waals surface area contributed by atoms with Gasteiger partial charge in [0.25, 0.3) is 0 Å². The lowest BCUT2D eigenvalue weighted by molar-refractivity contribution is 0.302. The molecule has 0 aromatic heterocycles. The predicted molar refractivity (Wildman–Crippen MR) is 111 cm³/mol. The van der Waals surface area contributed by atoms with Crippen LogP contribution in [0.15, 0.2) is 66.7 Å². The zero-order valence-electron chi connectivity index (χ0n) is 15.0. The van der Waals surface area contributed by atoms with E-state index in [4.69, 9.17) is 32.7 Å². The van der Waals surface area contributed by atoms with Crippen LogP contribution in [-0.2, 0) is 19.7 Å². The van der Waals surface area contributed by atoms with Crippen molar-refractivity contribution in [3.05, 3.63) is 93.5 Å². The molecule has 0 aliphatic rings. The molecule has 0 saturated heterocycles. The third-order valence-electron chi connectivity index (χ3n) is 4.17. The minimum atomic E-state index is 0.410. The normalized spacial score (nSPS) is 10.6. The number of benzene rings is 3. The van der Waals surface area contributed by atoms with Crippen LogP contribution in [0.5, 0.6) is 11.5 Å². The third-order valence-corrected chi connectivity index (χ3v) is 4.77. The van der Waals surface area contributed by atoms with E-state index in [1.165, 1.54) is 5.56 Å². The van der Waals surface area contributed by atoms with Crippen molar-refractivity contribution in [2.75, 3.05) is 7.11 Å². The summed E-state index contributed by atoms with van der Waals surface area (Å²) in [4.78, 5) is 0. The second-order valence-electron chi connectivity index (χ2n) is 6.08. The molecule has 3 aromatic carbocycles. The smallest absolute Gasteiger partial charge is 0.124 e. The molecule has 140 valence electrons. The van der Waals surface area contributed by atoms with E-state index >= 15 is 0 Å². The quantitative estimate of drug-likeness (QED) is 0.511. The monoisotopic (exact) mass is 401 g/mol. The van der Waals surface area contributed by atoms with Gasteiger partial charge >= 0.3 is 0 Å². The Morgan fingerprint density at radius 3 is 2.37 bits per heavy atom. The highest BCUT2D eigenvalue weighted by Gasteiger charge is 2.07. The summed E-state index contributed by atoms with van der Waals surface area (Å²) in [6.45, 7) is 1.79. The summed E-state index contributed by atoms with van der Waals surface area (Å²) in [7, 11) is 1.66. The fraction of sp³-hybridized carbons (Fsp3) is 0.182. The molecule has 0 atom stereocenters. The highest BCUT2D eigenvalue weighted by Crippen LogP contribution is 2.25. The molecule has 0 amide bonds. The van der Waals surface area contributed by atoms with Crippen LogP contribution in [-0.4, -0.2) is 7.11 Å². The van der Waals surface area contributed by atoms with E-state index in [0.29, 0.717) is 23.2 Å². The lowest BCUT2D eigenvalue weighted by atomic mass is 10.1. The molecule has 0 radical (unpaired) electrons. The van der Waals surface area contributed by atoms with Crippen molar-refractivity contribution in [2.45, 2.75) is 19.7 Å². The van der Waals surface area contributed by atoms with Gasteiger partial charge in [-0.2, -0.15) is 0 Å². The van der Waals surface area contributed by atoms with Crippen LogP contribution < -0.4 is 14.8 Å². The van der Waals surface area contributed by atoms with Crippen LogP contribution in [0, 0.1) is 0 Å². The maximum absolute atomic E-state index is 6.21. The van der Waals surface area contributed by atoms with E-state index in [9.17, 15) is 0 Å². The molecule has 0 spiro atoms. The van der Waals surface area contributed by atoms with Crippen molar-refractivity contribution in [1.29, 1.82) is 0 Å². The Balaban J connectivity index is 1.62. The number of nitrogens with one attached hydrogen (secondary N) is 1. The van der Waals surface area contributed by atoms with Crippen LogP contribution in [0.2, 0.25) is 10.0 Å². The SMILES string of the molecule is COc1ccc(CNCc2cc(Cl)ccc2OCc2ccccc2Cl)cc1. The lowest BCUT2D eigenvalue weighted by Gasteiger charge is -2.14. The van der Waals surface area contributed by atoms with Gasteiger partial charge in [-0.3, -0.25) is 0 Å². The summed E-state index contributed by atoms with van der Waals surface area (Å²) in [6, 6.07) is 21.3. The highest BCUT2D eigenvalue weighted by atomic mass is 35.5. The van der Waals surface area contributed by atoms with Gasteiger partial charge < -0.3 is 14.8 Å². The number of hydrogen-bond donors (Lipinski definition) is 1. The topological polar surface area (TPSA) is 30.5 Å². The Bertz CT molecular complexity index is 882. The first-order chi connectivity index (χ1) is 13.2. The van der Waals surface area contributed by atoms with Crippen molar-refractivity contribution in [3.8, 4) is 11.5 Å². The molecule has 0 aliphatic carbocycles. The van der Waals surface area contributed by atoms with Gasteiger partial charge in [0.05, 0.1) is 7.11 Å². The van der Waals surface area contributed by atoms with Crippen LogP contribution >= 0.6 is 23.2 Å². The average molecular weight is 402 g/mol. The first-order valence-corrected chi connectivity index (χ1v) is 9.39. The Hall–Kier alpha value is -2.20. The molecule has 0 aliphatic heterocycles. The molecule has 0 bridgehead atoms. The summed E-state index contributed by atoms with van der Waals surface area (Å²) in [5.41, 5.74) is 3.13. The molecule has 3 aromatic rings. The zero-order chi connectivity index (χ0) is 19.1. The van der Waals surface area contributed by atoms with Crippen LogP contribution in [0.1, 0.15) is 16.7 Å². The fourth-order valence-electron chi connectivity index (χ4n) is 2.68. The lowest BCUT2D eigenvalue weighted by Crippen LogP contribution is -2.13. The van der Waals surface area contributed by atoms with Gasteiger partial charge in [0, 0.05) is 34.3 Å². The summed E-state index contributed by atoms with van der Waals surface area (Å²) in [6.07, 6.45) is 0. The Kier molecular flexibility index (Phi) is 6.99. The second kappa shape index (κ2) is 9.65. The fourth-order valence-corrected chi connectivity index (χ4v) is 3.07. The minimum Gasteiger partial charge on any atom is -0.497 e. The largest absolute Gasteiger partial charge is 0.497 e. The van der Waals surface area contributed by atoms with Crippen LogP contribution in [0.25, 0.3) is 0 Å². The number of halogens is 2. The van der Waals surface area contributed by atoms with Gasteiger partial charge in [-0.05, 0) is 42.0 Å². The van der Waals surface area contributed by atoms with Gasteiger partial charge in [-0.25, -0.2) is 0 Å². The highest BCUT2D eigenvalue weighted by molar-refractivity contribution is 6.31.